The summed E-state index contributed by atoms with van der Waals surface area (Å²) in [5, 5.41) is 0. The molecule has 1 heterocycles. The Hall–Kier alpha value is -1.96. The van der Waals surface area contributed by atoms with Crippen molar-refractivity contribution in [3.63, 3.8) is 0 Å². The highest BCUT2D eigenvalue weighted by molar-refractivity contribution is 7.09. The van der Waals surface area contributed by atoms with Gasteiger partial charge in [-0.05, 0) is 23.5 Å². The maximum atomic E-state index is 14.2. The summed E-state index contributed by atoms with van der Waals surface area (Å²) in [6.07, 6.45) is -2.99. The Bertz CT molecular complexity index is 902. The van der Waals surface area contributed by atoms with E-state index in [1.165, 1.54) is 11.3 Å². The topological polar surface area (TPSA) is 34.4 Å². The fourth-order valence-electron chi connectivity index (χ4n) is 2.40. The molecule has 0 radical (unpaired) electrons. The van der Waals surface area contributed by atoms with Crippen LogP contribution in [0.3, 0.4) is 0 Å². The van der Waals surface area contributed by atoms with Crippen molar-refractivity contribution < 1.29 is 22.4 Å². The Morgan fingerprint density at radius 2 is 1.85 bits per heavy atom. The molecule has 0 unspecified atom stereocenters. The van der Waals surface area contributed by atoms with Gasteiger partial charge in [-0.25, -0.2) is 4.39 Å². The molecule has 0 bridgehead atoms. The molecule has 1 aromatic heterocycles. The first kappa shape index (κ1) is 21.3. The number of amides is 1. The molecule has 0 aliphatic rings. The van der Waals surface area contributed by atoms with Crippen LogP contribution in [0.1, 0.15) is 55.4 Å². The lowest BCUT2D eigenvalue weighted by Gasteiger charge is -2.14. The standard InChI is InChI=1S/C19H22F4N2OS/c1-11(2)9-25-10-14(18(3,4)5)27-17(25)24-16(26)12-7-6-8-13(15(12)20)19(21,22)23/h6-8,10-11H,9H2,1-5H3/b24-17-. The van der Waals surface area contributed by atoms with E-state index in [9.17, 15) is 22.4 Å². The number of benzene rings is 1. The van der Waals surface area contributed by atoms with Crippen LogP contribution in [0.2, 0.25) is 0 Å². The Morgan fingerprint density at radius 1 is 1.22 bits per heavy atom. The average Bonchev–Trinajstić information content (AvgIpc) is 2.88. The molecule has 0 saturated heterocycles. The largest absolute Gasteiger partial charge is 0.419 e. The van der Waals surface area contributed by atoms with Crippen LogP contribution in [0.4, 0.5) is 17.6 Å². The van der Waals surface area contributed by atoms with E-state index in [-0.39, 0.29) is 11.3 Å². The molecule has 1 aromatic carbocycles. The lowest BCUT2D eigenvalue weighted by Crippen LogP contribution is -2.19. The number of aromatic nitrogens is 1. The molecule has 0 N–H and O–H groups in total. The van der Waals surface area contributed by atoms with Crippen LogP contribution in [-0.4, -0.2) is 10.5 Å². The van der Waals surface area contributed by atoms with Crippen LogP contribution in [-0.2, 0) is 18.1 Å². The number of alkyl halides is 3. The van der Waals surface area contributed by atoms with Crippen molar-refractivity contribution in [1.29, 1.82) is 0 Å². The van der Waals surface area contributed by atoms with Gasteiger partial charge in [0.1, 0.15) is 5.82 Å². The normalized spacial score (nSPS) is 13.5. The smallest absolute Gasteiger partial charge is 0.323 e. The van der Waals surface area contributed by atoms with E-state index in [1.807, 2.05) is 40.8 Å². The number of hydrogen-bond acceptors (Lipinski definition) is 2. The van der Waals surface area contributed by atoms with Gasteiger partial charge in [0.15, 0.2) is 4.80 Å². The monoisotopic (exact) mass is 402 g/mol. The fourth-order valence-corrected chi connectivity index (χ4v) is 3.46. The van der Waals surface area contributed by atoms with Crippen molar-refractivity contribution in [2.24, 2.45) is 10.9 Å². The molecule has 8 heteroatoms. The van der Waals surface area contributed by atoms with Gasteiger partial charge in [-0.3, -0.25) is 4.79 Å². The molecular formula is C19H22F4N2OS. The minimum absolute atomic E-state index is 0.179. The van der Waals surface area contributed by atoms with Gasteiger partial charge < -0.3 is 4.57 Å². The SMILES string of the molecule is CC(C)Cn1cc(C(C)(C)C)s/c1=N\C(=O)c1cccc(C(F)(F)F)c1F. The number of carbonyl (C=O) groups excluding carboxylic acids is 1. The van der Waals surface area contributed by atoms with Gasteiger partial charge in [0, 0.05) is 17.6 Å². The molecule has 0 atom stereocenters. The quantitative estimate of drug-likeness (QED) is 0.633. The third-order valence-electron chi connectivity index (χ3n) is 3.75. The molecule has 3 nitrogen and oxygen atoms in total. The van der Waals surface area contributed by atoms with Crippen molar-refractivity contribution in [3.05, 3.63) is 51.0 Å². The van der Waals surface area contributed by atoms with E-state index in [1.54, 1.807) is 4.57 Å². The summed E-state index contributed by atoms with van der Waals surface area (Å²) < 4.78 is 54.6. The first-order valence-corrected chi connectivity index (χ1v) is 9.28. The molecular weight excluding hydrogens is 380 g/mol. The lowest BCUT2D eigenvalue weighted by molar-refractivity contribution is -0.140. The van der Waals surface area contributed by atoms with Crippen LogP contribution in [0.5, 0.6) is 0 Å². The van der Waals surface area contributed by atoms with Crippen LogP contribution >= 0.6 is 11.3 Å². The highest BCUT2D eigenvalue weighted by atomic mass is 32.1. The summed E-state index contributed by atoms with van der Waals surface area (Å²) in [4.78, 5) is 17.7. The third kappa shape index (κ3) is 5.06. The Labute approximate surface area is 159 Å². The van der Waals surface area contributed by atoms with Gasteiger partial charge in [-0.1, -0.05) is 40.7 Å². The predicted octanol–water partition coefficient (Wildman–Crippen LogP) is 5.40. The average molecular weight is 402 g/mol. The highest BCUT2D eigenvalue weighted by Crippen LogP contribution is 2.32. The van der Waals surface area contributed by atoms with Gasteiger partial charge in [0.2, 0.25) is 0 Å². The van der Waals surface area contributed by atoms with Crippen molar-refractivity contribution in [1.82, 2.24) is 4.57 Å². The Kier molecular flexibility index (Phi) is 5.99. The second-order valence-corrected chi connectivity index (χ2v) is 8.77. The molecule has 0 aliphatic carbocycles. The molecule has 0 spiro atoms. The van der Waals surface area contributed by atoms with E-state index in [0.717, 1.165) is 17.0 Å². The number of carbonyl (C=O) groups is 1. The van der Waals surface area contributed by atoms with Gasteiger partial charge in [0.25, 0.3) is 5.91 Å². The van der Waals surface area contributed by atoms with Gasteiger partial charge in [-0.2, -0.15) is 18.2 Å². The van der Waals surface area contributed by atoms with E-state index in [0.29, 0.717) is 17.4 Å². The second-order valence-electron chi connectivity index (χ2n) is 7.76. The van der Waals surface area contributed by atoms with Crippen molar-refractivity contribution in [2.75, 3.05) is 0 Å². The molecule has 148 valence electrons. The molecule has 27 heavy (non-hydrogen) atoms. The summed E-state index contributed by atoms with van der Waals surface area (Å²) >= 11 is 1.28. The van der Waals surface area contributed by atoms with E-state index >= 15 is 0 Å². The first-order chi connectivity index (χ1) is 12.3. The van der Waals surface area contributed by atoms with Crippen LogP contribution in [0.15, 0.2) is 29.4 Å². The molecule has 0 fully saturated rings. The Morgan fingerprint density at radius 3 is 2.37 bits per heavy atom. The van der Waals surface area contributed by atoms with Gasteiger partial charge >= 0.3 is 6.18 Å². The number of thiazole rings is 1. The Balaban J connectivity index is 2.56. The highest BCUT2D eigenvalue weighted by Gasteiger charge is 2.35. The molecule has 0 saturated carbocycles. The predicted molar refractivity (Wildman–Crippen MR) is 97.1 cm³/mol. The summed E-state index contributed by atoms with van der Waals surface area (Å²) in [7, 11) is 0. The van der Waals surface area contributed by atoms with Gasteiger partial charge in [-0.15, -0.1) is 11.3 Å². The van der Waals surface area contributed by atoms with Crippen LogP contribution in [0, 0.1) is 11.7 Å². The van der Waals surface area contributed by atoms with Crippen molar-refractivity contribution >= 4 is 17.2 Å². The molecule has 1 amide bonds. The lowest BCUT2D eigenvalue weighted by atomic mass is 9.95. The first-order valence-electron chi connectivity index (χ1n) is 8.46. The fraction of sp³-hybridized carbons (Fsp3) is 0.474. The van der Waals surface area contributed by atoms with Crippen LogP contribution < -0.4 is 4.80 Å². The minimum atomic E-state index is -4.87. The maximum Gasteiger partial charge on any atom is 0.419 e. The summed E-state index contributed by atoms with van der Waals surface area (Å²) in [6, 6.07) is 2.63. The van der Waals surface area contributed by atoms with Crippen LogP contribution in [0.25, 0.3) is 0 Å². The van der Waals surface area contributed by atoms with E-state index in [2.05, 4.69) is 4.99 Å². The third-order valence-corrected chi connectivity index (χ3v) is 5.20. The zero-order valence-electron chi connectivity index (χ0n) is 15.8. The summed E-state index contributed by atoms with van der Waals surface area (Å²) in [6.45, 7) is 10.6. The second kappa shape index (κ2) is 7.58. The minimum Gasteiger partial charge on any atom is -0.323 e. The number of rotatable bonds is 3. The van der Waals surface area contributed by atoms with Crippen molar-refractivity contribution in [2.45, 2.75) is 52.8 Å². The molecule has 2 aromatic rings. The van der Waals surface area contributed by atoms with E-state index < -0.39 is 29.0 Å². The van der Waals surface area contributed by atoms with Crippen molar-refractivity contribution in [3.8, 4) is 0 Å². The van der Waals surface area contributed by atoms with Gasteiger partial charge in [0.05, 0.1) is 11.1 Å². The number of hydrogen-bond donors (Lipinski definition) is 0. The molecule has 2 rings (SSSR count). The number of halogens is 4. The maximum absolute atomic E-state index is 14.2. The van der Waals surface area contributed by atoms with E-state index in [4.69, 9.17) is 0 Å². The summed E-state index contributed by atoms with van der Waals surface area (Å²) in [5.41, 5.74) is -2.34. The zero-order chi connectivity index (χ0) is 20.6. The summed E-state index contributed by atoms with van der Waals surface area (Å²) in [5.74, 6) is -2.35. The molecule has 0 aliphatic heterocycles. The zero-order valence-corrected chi connectivity index (χ0v) is 16.6. The number of nitrogens with zero attached hydrogens (tertiary/aromatic N) is 2.